The highest BCUT2D eigenvalue weighted by molar-refractivity contribution is 8.16. The number of anilines is 1. The van der Waals surface area contributed by atoms with E-state index in [0.29, 0.717) is 13.0 Å². The summed E-state index contributed by atoms with van der Waals surface area (Å²) in [6, 6.07) is 4.08. The number of carbonyl (C=O) groups excluding carboxylic acids is 1. The molecule has 0 N–H and O–H groups in total. The number of fused-ring (bicyclic) bond motifs is 1. The molecule has 0 saturated carbocycles. The van der Waals surface area contributed by atoms with Crippen molar-refractivity contribution in [3.63, 3.8) is 0 Å². The number of halogens is 3. The Balaban J connectivity index is 1.72. The lowest BCUT2D eigenvalue weighted by Gasteiger charge is -2.25. The van der Waals surface area contributed by atoms with Crippen molar-refractivity contribution in [3.8, 4) is 0 Å². The fraction of sp³-hybridized carbons (Fsp3) is 0.529. The normalized spacial score (nSPS) is 30.8. The molecule has 0 aromatic heterocycles. The van der Waals surface area contributed by atoms with Crippen LogP contribution in [0.3, 0.4) is 0 Å². The van der Waals surface area contributed by atoms with E-state index in [0.717, 1.165) is 30.3 Å². The molecule has 1 aromatic rings. The summed E-state index contributed by atoms with van der Waals surface area (Å²) in [7, 11) is -3.30. The third-order valence-electron chi connectivity index (χ3n) is 4.93. The Morgan fingerprint density at radius 3 is 2.75 bits per heavy atom. The molecule has 3 fully saturated rings. The minimum Gasteiger partial charge on any atom is -0.368 e. The van der Waals surface area contributed by atoms with Crippen molar-refractivity contribution in [2.45, 2.75) is 36.4 Å². The Kier molecular flexibility index (Phi) is 4.95. The lowest BCUT2D eigenvalue weighted by atomic mass is 10.1. The molecule has 0 spiro atoms. The highest BCUT2D eigenvalue weighted by Crippen LogP contribution is 2.42. The molecule has 11 heteroatoms. The van der Waals surface area contributed by atoms with Crippen LogP contribution >= 0.6 is 11.8 Å². The van der Waals surface area contributed by atoms with Crippen molar-refractivity contribution in [2.24, 2.45) is 4.99 Å². The highest BCUT2D eigenvalue weighted by Gasteiger charge is 2.50. The minimum atomic E-state index is -4.53. The number of ether oxygens (including phenoxy) is 1. The second-order valence-corrected chi connectivity index (χ2v) is 10.3. The van der Waals surface area contributed by atoms with Crippen LogP contribution in [0.4, 0.5) is 18.9 Å². The van der Waals surface area contributed by atoms with E-state index in [1.807, 2.05) is 0 Å². The zero-order valence-electron chi connectivity index (χ0n) is 14.6. The Morgan fingerprint density at radius 2 is 2.07 bits per heavy atom. The zero-order valence-corrected chi connectivity index (χ0v) is 16.2. The van der Waals surface area contributed by atoms with Gasteiger partial charge in [0.1, 0.15) is 6.10 Å². The number of hydrogen-bond acceptors (Lipinski definition) is 5. The molecule has 3 saturated heterocycles. The van der Waals surface area contributed by atoms with E-state index in [1.165, 1.54) is 17.0 Å². The number of hydrogen-bond donors (Lipinski definition) is 0. The first kappa shape index (κ1) is 19.7. The number of amidine groups is 1. The predicted octanol–water partition coefficient (Wildman–Crippen LogP) is 2.49. The van der Waals surface area contributed by atoms with Crippen molar-refractivity contribution in [1.29, 1.82) is 0 Å². The van der Waals surface area contributed by atoms with E-state index < -0.39 is 39.6 Å². The molecule has 152 valence electrons. The Morgan fingerprint density at radius 1 is 1.29 bits per heavy atom. The number of thioether (sulfide) groups is 1. The molecule has 6 nitrogen and oxygen atoms in total. The SMILES string of the molecule is O=C(N=C1S[C@@H]2CS(=O)(=O)C[C@@H]2N1c1cccc(C(F)(F)F)c1)[C@H]1CCCO1. The van der Waals surface area contributed by atoms with Gasteiger partial charge in [-0.25, -0.2) is 8.42 Å². The summed E-state index contributed by atoms with van der Waals surface area (Å²) in [6.07, 6.45) is -3.89. The van der Waals surface area contributed by atoms with E-state index in [4.69, 9.17) is 4.74 Å². The molecular formula is C17H17F3N2O4S2. The van der Waals surface area contributed by atoms with Crippen molar-refractivity contribution < 1.29 is 31.1 Å². The Labute approximate surface area is 164 Å². The quantitative estimate of drug-likeness (QED) is 0.712. The number of benzene rings is 1. The molecule has 3 heterocycles. The average molecular weight is 434 g/mol. The van der Waals surface area contributed by atoms with E-state index >= 15 is 0 Å². The molecule has 3 aliphatic heterocycles. The van der Waals surface area contributed by atoms with Gasteiger partial charge in [-0.3, -0.25) is 4.79 Å². The predicted molar refractivity (Wildman–Crippen MR) is 99.2 cm³/mol. The molecule has 0 aliphatic carbocycles. The summed E-state index contributed by atoms with van der Waals surface area (Å²) in [4.78, 5) is 18.0. The van der Waals surface area contributed by atoms with Gasteiger partial charge in [-0.15, -0.1) is 0 Å². The van der Waals surface area contributed by atoms with Crippen LogP contribution in [0.25, 0.3) is 0 Å². The molecule has 0 radical (unpaired) electrons. The maximum Gasteiger partial charge on any atom is 0.416 e. The first-order valence-electron chi connectivity index (χ1n) is 8.72. The van der Waals surface area contributed by atoms with Crippen LogP contribution in [0.5, 0.6) is 0 Å². The van der Waals surface area contributed by atoms with E-state index in [9.17, 15) is 26.4 Å². The summed E-state index contributed by atoms with van der Waals surface area (Å²) >= 11 is 1.13. The number of amides is 1. The third kappa shape index (κ3) is 3.79. The summed E-state index contributed by atoms with van der Waals surface area (Å²) in [5, 5.41) is -0.152. The summed E-state index contributed by atoms with van der Waals surface area (Å²) < 4.78 is 68.8. The third-order valence-corrected chi connectivity index (χ3v) is 8.14. The zero-order chi connectivity index (χ0) is 20.1. The van der Waals surface area contributed by atoms with Crippen molar-refractivity contribution >= 4 is 38.4 Å². The lowest BCUT2D eigenvalue weighted by molar-refractivity contribution is -0.137. The van der Waals surface area contributed by atoms with Gasteiger partial charge in [0.05, 0.1) is 23.1 Å². The van der Waals surface area contributed by atoms with Crippen molar-refractivity contribution in [1.82, 2.24) is 0 Å². The van der Waals surface area contributed by atoms with Gasteiger partial charge in [-0.1, -0.05) is 17.8 Å². The minimum absolute atomic E-state index is 0.0923. The van der Waals surface area contributed by atoms with Gasteiger partial charge >= 0.3 is 6.18 Å². The monoisotopic (exact) mass is 434 g/mol. The lowest BCUT2D eigenvalue weighted by Crippen LogP contribution is -2.38. The average Bonchev–Trinajstić information content (AvgIpc) is 3.28. The summed E-state index contributed by atoms with van der Waals surface area (Å²) in [5.41, 5.74) is -0.671. The molecule has 0 bridgehead atoms. The van der Waals surface area contributed by atoms with Crippen LogP contribution in [0.1, 0.15) is 18.4 Å². The topological polar surface area (TPSA) is 76.0 Å². The van der Waals surface area contributed by atoms with Gasteiger partial charge in [0.25, 0.3) is 5.91 Å². The standard InChI is InChI=1S/C17H17F3N2O4S2/c18-17(19,20)10-3-1-4-11(7-10)22-12-8-28(24,25)9-14(12)27-16(22)21-15(23)13-5-2-6-26-13/h1,3-4,7,12-14H,2,5-6,8-9H2/t12-,13+,14+/m0/s1. The molecule has 1 aromatic carbocycles. The van der Waals surface area contributed by atoms with E-state index in [-0.39, 0.29) is 27.6 Å². The Hall–Kier alpha value is -1.59. The molecule has 4 rings (SSSR count). The van der Waals surface area contributed by atoms with E-state index in [2.05, 4.69) is 4.99 Å². The van der Waals surface area contributed by atoms with Crippen LogP contribution in [0, 0.1) is 0 Å². The summed E-state index contributed by atoms with van der Waals surface area (Å²) in [6.45, 7) is 0.467. The van der Waals surface area contributed by atoms with Crippen LogP contribution in [0.2, 0.25) is 0 Å². The molecule has 28 heavy (non-hydrogen) atoms. The Bertz CT molecular complexity index is 927. The van der Waals surface area contributed by atoms with Crippen molar-refractivity contribution in [3.05, 3.63) is 29.8 Å². The van der Waals surface area contributed by atoms with Gasteiger partial charge in [0, 0.05) is 17.5 Å². The van der Waals surface area contributed by atoms with Gasteiger partial charge in [-0.05, 0) is 31.0 Å². The largest absolute Gasteiger partial charge is 0.416 e. The van der Waals surface area contributed by atoms with Gasteiger partial charge in [-0.2, -0.15) is 18.2 Å². The fourth-order valence-electron chi connectivity index (χ4n) is 3.64. The number of sulfone groups is 1. The maximum absolute atomic E-state index is 13.1. The number of alkyl halides is 3. The fourth-order valence-corrected chi connectivity index (χ4v) is 7.56. The van der Waals surface area contributed by atoms with Crippen molar-refractivity contribution in [2.75, 3.05) is 23.0 Å². The van der Waals surface area contributed by atoms with Gasteiger partial charge in [0.2, 0.25) is 0 Å². The van der Waals surface area contributed by atoms with Crippen LogP contribution in [-0.4, -0.2) is 55.0 Å². The van der Waals surface area contributed by atoms with E-state index in [1.54, 1.807) is 0 Å². The maximum atomic E-state index is 13.1. The molecule has 0 unspecified atom stereocenters. The second kappa shape index (κ2) is 7.03. The van der Waals surface area contributed by atoms with Crippen LogP contribution in [0.15, 0.2) is 29.3 Å². The molecule has 3 aliphatic rings. The number of aliphatic imine (C=N–C) groups is 1. The van der Waals surface area contributed by atoms with Crippen LogP contribution in [-0.2, 0) is 25.5 Å². The number of nitrogens with zero attached hydrogens (tertiary/aromatic N) is 2. The molecular weight excluding hydrogens is 417 g/mol. The van der Waals surface area contributed by atoms with Crippen LogP contribution < -0.4 is 4.90 Å². The molecule has 1 amide bonds. The number of rotatable bonds is 2. The number of carbonyl (C=O) groups is 1. The smallest absolute Gasteiger partial charge is 0.368 e. The second-order valence-electron chi connectivity index (χ2n) is 6.95. The highest BCUT2D eigenvalue weighted by atomic mass is 32.2. The first-order chi connectivity index (χ1) is 13.1. The molecule has 3 atom stereocenters. The van der Waals surface area contributed by atoms with Gasteiger partial charge in [0.15, 0.2) is 15.0 Å². The van der Waals surface area contributed by atoms with Gasteiger partial charge < -0.3 is 9.64 Å². The summed E-state index contributed by atoms with van der Waals surface area (Å²) in [5.74, 6) is -0.765. The first-order valence-corrected chi connectivity index (χ1v) is 11.4.